The van der Waals surface area contributed by atoms with E-state index in [1.54, 1.807) is 6.07 Å². The molecule has 0 radical (unpaired) electrons. The molecule has 1 aliphatic rings. The fourth-order valence-electron chi connectivity index (χ4n) is 3.65. The highest BCUT2D eigenvalue weighted by atomic mass is 35.5. The number of rotatable bonds is 3. The molecule has 0 atom stereocenters. The molecule has 2 aromatic heterocycles. The van der Waals surface area contributed by atoms with Gasteiger partial charge in [-0.15, -0.1) is 0 Å². The van der Waals surface area contributed by atoms with E-state index in [1.165, 1.54) is 18.3 Å². The normalized spacial score (nSPS) is 14.6. The van der Waals surface area contributed by atoms with Crippen molar-refractivity contribution < 1.29 is 17.6 Å². The third kappa shape index (κ3) is 3.41. The second-order valence-electron chi connectivity index (χ2n) is 6.59. The Bertz CT molecular complexity index is 993. The molecule has 0 fully saturated rings. The maximum Gasteiger partial charge on any atom is 0.433 e. The summed E-state index contributed by atoms with van der Waals surface area (Å²) in [4.78, 5) is 3.49. The molecule has 8 heteroatoms. The van der Waals surface area contributed by atoms with Crippen LogP contribution in [-0.4, -0.2) is 16.1 Å². The Morgan fingerprint density at radius 3 is 2.74 bits per heavy atom. The van der Waals surface area contributed by atoms with Crippen LogP contribution in [-0.2, 0) is 32.1 Å². The molecule has 3 nitrogen and oxygen atoms in total. The van der Waals surface area contributed by atoms with Crippen molar-refractivity contribution in [1.29, 1.82) is 0 Å². The highest BCUT2D eigenvalue weighted by Gasteiger charge is 2.32. The second-order valence-corrected chi connectivity index (χ2v) is 7.02. The maximum absolute atomic E-state index is 14.6. The first kappa shape index (κ1) is 18.3. The number of hydrogen-bond acceptors (Lipinski definition) is 2. The molecule has 142 valence electrons. The number of nitrogens with zero attached hydrogens (tertiary/aromatic N) is 2. The van der Waals surface area contributed by atoms with Crippen LogP contribution in [0, 0.1) is 5.82 Å². The Kier molecular flexibility index (Phi) is 4.60. The molecule has 0 bridgehead atoms. The third-order valence-corrected chi connectivity index (χ3v) is 5.10. The quantitative estimate of drug-likeness (QED) is 0.647. The molecule has 0 saturated carbocycles. The minimum atomic E-state index is -4.45. The number of fused-ring (bicyclic) bond motifs is 3. The second kappa shape index (κ2) is 6.80. The van der Waals surface area contributed by atoms with Gasteiger partial charge in [0, 0.05) is 48.4 Å². The zero-order valence-electron chi connectivity index (χ0n) is 14.2. The molecule has 0 aliphatic carbocycles. The Balaban J connectivity index is 1.68. The van der Waals surface area contributed by atoms with Gasteiger partial charge in [-0.05, 0) is 35.7 Å². The Morgan fingerprint density at radius 1 is 1.22 bits per heavy atom. The van der Waals surface area contributed by atoms with Crippen LogP contribution in [0.2, 0.25) is 5.02 Å². The average molecular weight is 398 g/mol. The summed E-state index contributed by atoms with van der Waals surface area (Å²) in [6, 6.07) is 5.45. The van der Waals surface area contributed by atoms with Crippen LogP contribution in [0.5, 0.6) is 0 Å². The number of halogens is 5. The third-order valence-electron chi connectivity index (χ3n) is 4.88. The molecular weight excluding hydrogens is 382 g/mol. The van der Waals surface area contributed by atoms with Gasteiger partial charge in [-0.25, -0.2) is 4.39 Å². The van der Waals surface area contributed by atoms with Crippen LogP contribution in [0.4, 0.5) is 17.6 Å². The van der Waals surface area contributed by atoms with Crippen LogP contribution in [0.1, 0.15) is 22.5 Å². The Labute approximate surface area is 158 Å². The Morgan fingerprint density at radius 2 is 2.04 bits per heavy atom. The fourth-order valence-corrected chi connectivity index (χ4v) is 3.86. The predicted molar refractivity (Wildman–Crippen MR) is 95.3 cm³/mol. The monoisotopic (exact) mass is 397 g/mol. The van der Waals surface area contributed by atoms with Gasteiger partial charge in [0.1, 0.15) is 11.5 Å². The van der Waals surface area contributed by atoms with E-state index in [4.69, 9.17) is 11.6 Å². The molecule has 0 unspecified atom stereocenters. The van der Waals surface area contributed by atoms with Crippen molar-refractivity contribution in [3.8, 4) is 0 Å². The van der Waals surface area contributed by atoms with Gasteiger partial charge in [-0.2, -0.15) is 13.2 Å². The SMILES string of the molecule is Fc1cc(Cl)cc2c3c(n(CCc4ccc(C(F)(F)F)nc4)c12)CCNC3. The van der Waals surface area contributed by atoms with Gasteiger partial charge in [-0.1, -0.05) is 17.7 Å². The minimum absolute atomic E-state index is 0.345. The lowest BCUT2D eigenvalue weighted by Gasteiger charge is -2.17. The molecule has 0 spiro atoms. The highest BCUT2D eigenvalue weighted by Crippen LogP contribution is 2.33. The molecule has 3 heterocycles. The lowest BCUT2D eigenvalue weighted by Crippen LogP contribution is -2.25. The van der Waals surface area contributed by atoms with E-state index < -0.39 is 17.7 Å². The predicted octanol–water partition coefficient (Wildman–Crippen LogP) is 4.74. The van der Waals surface area contributed by atoms with Crippen molar-refractivity contribution in [3.63, 3.8) is 0 Å². The largest absolute Gasteiger partial charge is 0.433 e. The summed E-state index contributed by atoms with van der Waals surface area (Å²) in [5, 5.41) is 4.41. The summed E-state index contributed by atoms with van der Waals surface area (Å²) in [7, 11) is 0. The summed E-state index contributed by atoms with van der Waals surface area (Å²) < 4.78 is 54.5. The number of nitrogens with one attached hydrogen (secondary N) is 1. The van der Waals surface area contributed by atoms with Gasteiger partial charge in [0.05, 0.1) is 5.52 Å². The highest BCUT2D eigenvalue weighted by molar-refractivity contribution is 6.31. The van der Waals surface area contributed by atoms with Crippen LogP contribution in [0.15, 0.2) is 30.5 Å². The number of hydrogen-bond donors (Lipinski definition) is 1. The van der Waals surface area contributed by atoms with Gasteiger partial charge >= 0.3 is 6.18 Å². The first-order chi connectivity index (χ1) is 12.8. The van der Waals surface area contributed by atoms with Crippen molar-refractivity contribution in [3.05, 3.63) is 63.8 Å². The summed E-state index contributed by atoms with van der Waals surface area (Å²) >= 11 is 6.03. The summed E-state index contributed by atoms with van der Waals surface area (Å²) in [6.07, 6.45) is -2.01. The van der Waals surface area contributed by atoms with E-state index in [0.717, 1.165) is 35.7 Å². The number of aromatic nitrogens is 2. The molecule has 1 N–H and O–H groups in total. The van der Waals surface area contributed by atoms with Crippen molar-refractivity contribution in [1.82, 2.24) is 14.9 Å². The molecule has 4 rings (SSSR count). The molecular formula is C19H16ClF4N3. The van der Waals surface area contributed by atoms with E-state index in [9.17, 15) is 17.6 Å². The summed E-state index contributed by atoms with van der Waals surface area (Å²) in [6.45, 7) is 1.89. The van der Waals surface area contributed by atoms with Crippen LogP contribution >= 0.6 is 11.6 Å². The lowest BCUT2D eigenvalue weighted by atomic mass is 10.1. The molecule has 0 saturated heterocycles. The van der Waals surface area contributed by atoms with Crippen molar-refractivity contribution in [2.24, 2.45) is 0 Å². The molecule has 27 heavy (non-hydrogen) atoms. The standard InChI is InChI=1S/C19H16ClF4N3/c20-12-7-13-14-10-25-5-3-16(14)27(18(13)15(21)8-12)6-4-11-1-2-17(26-9-11)19(22,23)24/h1-2,7-9,25H,3-6,10H2. The smallest absolute Gasteiger partial charge is 0.342 e. The number of pyridine rings is 1. The maximum atomic E-state index is 14.6. The fraction of sp³-hybridized carbons (Fsp3) is 0.316. The van der Waals surface area contributed by atoms with Gasteiger partial charge in [0.25, 0.3) is 0 Å². The lowest BCUT2D eigenvalue weighted by molar-refractivity contribution is -0.141. The number of alkyl halides is 3. The van der Waals surface area contributed by atoms with Crippen molar-refractivity contribution in [2.45, 2.75) is 32.1 Å². The molecule has 3 aromatic rings. The number of benzene rings is 1. The zero-order chi connectivity index (χ0) is 19.2. The van der Waals surface area contributed by atoms with Crippen molar-refractivity contribution in [2.75, 3.05) is 6.54 Å². The van der Waals surface area contributed by atoms with E-state index in [1.807, 2.05) is 4.57 Å². The van der Waals surface area contributed by atoms with Gasteiger partial charge in [0.15, 0.2) is 0 Å². The molecule has 0 amide bonds. The van der Waals surface area contributed by atoms with E-state index in [-0.39, 0.29) is 0 Å². The zero-order valence-corrected chi connectivity index (χ0v) is 15.0. The van der Waals surface area contributed by atoms with Gasteiger partial charge in [-0.3, -0.25) is 4.98 Å². The van der Waals surface area contributed by atoms with E-state index >= 15 is 0 Å². The van der Waals surface area contributed by atoms with E-state index in [0.29, 0.717) is 35.6 Å². The van der Waals surface area contributed by atoms with Crippen molar-refractivity contribution >= 4 is 22.5 Å². The van der Waals surface area contributed by atoms with Crippen LogP contribution in [0.25, 0.3) is 10.9 Å². The minimum Gasteiger partial charge on any atom is -0.342 e. The van der Waals surface area contributed by atoms with E-state index in [2.05, 4.69) is 10.3 Å². The Hall–Kier alpha value is -2.12. The van der Waals surface area contributed by atoms with Crippen LogP contribution < -0.4 is 5.32 Å². The summed E-state index contributed by atoms with van der Waals surface area (Å²) in [5.41, 5.74) is 2.32. The molecule has 1 aromatic carbocycles. The van der Waals surface area contributed by atoms with Gasteiger partial charge < -0.3 is 9.88 Å². The first-order valence-corrected chi connectivity index (χ1v) is 8.94. The average Bonchev–Trinajstić information content (AvgIpc) is 2.94. The summed E-state index contributed by atoms with van der Waals surface area (Å²) in [5.74, 6) is -0.391. The topological polar surface area (TPSA) is 29.9 Å². The number of aryl methyl sites for hydroxylation is 2. The van der Waals surface area contributed by atoms with Gasteiger partial charge in [0.2, 0.25) is 0 Å². The first-order valence-electron chi connectivity index (χ1n) is 8.56. The molecule has 1 aliphatic heterocycles. The van der Waals surface area contributed by atoms with Crippen LogP contribution in [0.3, 0.4) is 0 Å².